The molecule has 0 bridgehead atoms. The number of pyridine rings is 1. The zero-order chi connectivity index (χ0) is 18.3. The fourth-order valence-corrected chi connectivity index (χ4v) is 4.95. The number of primary amides is 1. The van der Waals surface area contributed by atoms with E-state index in [9.17, 15) is 9.59 Å². The van der Waals surface area contributed by atoms with Gasteiger partial charge in [0.15, 0.2) is 0 Å². The molecular formula is C19H20N4O2S. The van der Waals surface area contributed by atoms with Gasteiger partial charge in [0, 0.05) is 35.8 Å². The number of carbonyl (C=O) groups excluding carboxylic acids is 1. The van der Waals surface area contributed by atoms with E-state index in [1.54, 1.807) is 28.3 Å². The van der Waals surface area contributed by atoms with E-state index in [0.29, 0.717) is 11.7 Å². The van der Waals surface area contributed by atoms with Crippen molar-refractivity contribution in [3.05, 3.63) is 45.3 Å². The van der Waals surface area contributed by atoms with Crippen molar-refractivity contribution < 1.29 is 4.79 Å². The van der Waals surface area contributed by atoms with Gasteiger partial charge in [-0.2, -0.15) is 0 Å². The van der Waals surface area contributed by atoms with Crippen LogP contribution in [-0.2, 0) is 24.2 Å². The number of nitrogens with zero attached hydrogens (tertiary/aromatic N) is 3. The Bertz CT molecular complexity index is 1040. The van der Waals surface area contributed by atoms with Gasteiger partial charge in [-0.05, 0) is 42.9 Å². The molecule has 1 aliphatic carbocycles. The average Bonchev–Trinajstić information content (AvgIpc) is 2.98. The molecule has 1 atom stereocenters. The van der Waals surface area contributed by atoms with Gasteiger partial charge in [0.1, 0.15) is 10.7 Å². The van der Waals surface area contributed by atoms with E-state index >= 15 is 0 Å². The van der Waals surface area contributed by atoms with Crippen molar-refractivity contribution >= 4 is 27.5 Å². The molecule has 0 spiro atoms. The largest absolute Gasteiger partial charge is 0.370 e. The Morgan fingerprint density at radius 1 is 1.38 bits per heavy atom. The van der Waals surface area contributed by atoms with Crippen LogP contribution >= 0.6 is 11.3 Å². The van der Waals surface area contributed by atoms with Crippen LogP contribution in [0.25, 0.3) is 21.6 Å². The highest BCUT2D eigenvalue weighted by Gasteiger charge is 2.25. The molecule has 0 saturated carbocycles. The highest BCUT2D eigenvalue weighted by atomic mass is 32.1. The van der Waals surface area contributed by atoms with Crippen molar-refractivity contribution in [1.82, 2.24) is 14.5 Å². The predicted octanol–water partition coefficient (Wildman–Crippen LogP) is 2.52. The summed E-state index contributed by atoms with van der Waals surface area (Å²) in [5.41, 5.74) is 7.20. The normalized spacial score (nSPS) is 16.6. The SMILES string of the molecule is CC1CCc2c(sc3nc(-c4ccncc4)n(CCC(N)=O)c(=O)c23)C1. The monoisotopic (exact) mass is 368 g/mol. The van der Waals surface area contributed by atoms with Crippen LogP contribution < -0.4 is 11.3 Å². The second-order valence-electron chi connectivity index (χ2n) is 6.88. The molecule has 3 aromatic rings. The Labute approximate surface area is 154 Å². The first-order valence-corrected chi connectivity index (χ1v) is 9.60. The summed E-state index contributed by atoms with van der Waals surface area (Å²) in [6, 6.07) is 3.65. The molecule has 6 nitrogen and oxygen atoms in total. The number of hydrogen-bond donors (Lipinski definition) is 1. The van der Waals surface area contributed by atoms with Gasteiger partial charge in [0.25, 0.3) is 5.56 Å². The maximum atomic E-state index is 13.3. The Hall–Kier alpha value is -2.54. The van der Waals surface area contributed by atoms with Crippen LogP contribution in [0.1, 0.15) is 30.2 Å². The zero-order valence-corrected chi connectivity index (χ0v) is 15.4. The number of nitrogens with two attached hydrogens (primary N) is 1. The molecule has 1 unspecified atom stereocenters. The van der Waals surface area contributed by atoms with Gasteiger partial charge in [-0.3, -0.25) is 19.1 Å². The van der Waals surface area contributed by atoms with Gasteiger partial charge in [-0.1, -0.05) is 6.92 Å². The Morgan fingerprint density at radius 2 is 2.15 bits per heavy atom. The number of aromatic nitrogens is 3. The van der Waals surface area contributed by atoms with Gasteiger partial charge < -0.3 is 5.73 Å². The molecular weight excluding hydrogens is 348 g/mol. The second kappa shape index (κ2) is 6.64. The molecule has 0 aromatic carbocycles. The van der Waals surface area contributed by atoms with Crippen LogP contribution in [0.3, 0.4) is 0 Å². The van der Waals surface area contributed by atoms with E-state index in [2.05, 4.69) is 11.9 Å². The molecule has 4 rings (SSSR count). The third-order valence-corrected chi connectivity index (χ3v) is 6.08. The molecule has 26 heavy (non-hydrogen) atoms. The van der Waals surface area contributed by atoms with Crippen LogP contribution in [0.15, 0.2) is 29.3 Å². The lowest BCUT2D eigenvalue weighted by atomic mass is 9.89. The lowest BCUT2D eigenvalue weighted by Crippen LogP contribution is -2.26. The lowest BCUT2D eigenvalue weighted by Gasteiger charge is -2.17. The fraction of sp³-hybridized carbons (Fsp3) is 0.368. The molecule has 0 aliphatic heterocycles. The summed E-state index contributed by atoms with van der Waals surface area (Å²) in [6.45, 7) is 2.48. The molecule has 1 amide bonds. The molecule has 3 aromatic heterocycles. The number of rotatable bonds is 4. The summed E-state index contributed by atoms with van der Waals surface area (Å²) in [5, 5.41) is 0.721. The smallest absolute Gasteiger partial charge is 0.262 e. The van der Waals surface area contributed by atoms with Crippen LogP contribution in [0.4, 0.5) is 0 Å². The van der Waals surface area contributed by atoms with Crippen molar-refractivity contribution in [1.29, 1.82) is 0 Å². The fourth-order valence-electron chi connectivity index (χ4n) is 3.57. The van der Waals surface area contributed by atoms with Crippen molar-refractivity contribution in [3.63, 3.8) is 0 Å². The Balaban J connectivity index is 1.96. The maximum Gasteiger partial charge on any atom is 0.262 e. The molecule has 7 heteroatoms. The molecule has 0 fully saturated rings. The first-order valence-electron chi connectivity index (χ1n) is 8.78. The van der Waals surface area contributed by atoms with Gasteiger partial charge in [0.05, 0.1) is 5.39 Å². The van der Waals surface area contributed by atoms with Gasteiger partial charge >= 0.3 is 0 Å². The maximum absolute atomic E-state index is 13.3. The summed E-state index contributed by atoms with van der Waals surface area (Å²) < 4.78 is 1.59. The molecule has 0 saturated heterocycles. The molecule has 2 N–H and O–H groups in total. The molecule has 1 aliphatic rings. The Kier molecular flexibility index (Phi) is 4.32. The number of amides is 1. The quantitative estimate of drug-likeness (QED) is 0.766. The minimum Gasteiger partial charge on any atom is -0.370 e. The summed E-state index contributed by atoms with van der Waals surface area (Å²) in [7, 11) is 0. The van der Waals surface area contributed by atoms with Crippen LogP contribution in [0.2, 0.25) is 0 Å². The topological polar surface area (TPSA) is 90.9 Å². The Morgan fingerprint density at radius 3 is 2.88 bits per heavy atom. The predicted molar refractivity (Wildman–Crippen MR) is 102 cm³/mol. The highest BCUT2D eigenvalue weighted by molar-refractivity contribution is 7.18. The van der Waals surface area contributed by atoms with Crippen LogP contribution in [0.5, 0.6) is 0 Å². The van der Waals surface area contributed by atoms with E-state index in [1.165, 1.54) is 4.88 Å². The zero-order valence-electron chi connectivity index (χ0n) is 14.6. The van der Waals surface area contributed by atoms with Crippen LogP contribution in [0, 0.1) is 5.92 Å². The number of fused-ring (bicyclic) bond motifs is 3. The molecule has 0 radical (unpaired) electrons. The van der Waals surface area contributed by atoms with E-state index in [0.717, 1.165) is 40.6 Å². The number of aryl methyl sites for hydroxylation is 1. The number of carbonyl (C=O) groups is 1. The minimum absolute atomic E-state index is 0.0740. The van der Waals surface area contributed by atoms with Crippen molar-refractivity contribution in [2.24, 2.45) is 11.7 Å². The third kappa shape index (κ3) is 2.92. The summed E-state index contributed by atoms with van der Waals surface area (Å²) in [5.74, 6) is 0.768. The van der Waals surface area contributed by atoms with E-state index in [1.807, 2.05) is 12.1 Å². The molecule has 134 valence electrons. The number of hydrogen-bond acceptors (Lipinski definition) is 5. The number of thiophene rings is 1. The first-order chi connectivity index (χ1) is 12.5. The van der Waals surface area contributed by atoms with Crippen molar-refractivity contribution in [3.8, 4) is 11.4 Å². The van der Waals surface area contributed by atoms with Gasteiger partial charge in [-0.15, -0.1) is 11.3 Å². The minimum atomic E-state index is -0.432. The second-order valence-corrected chi connectivity index (χ2v) is 7.96. The standard InChI is InChI=1S/C19H20N4O2S/c1-11-2-3-13-14(10-11)26-18-16(13)19(25)23(9-6-15(20)24)17(22-18)12-4-7-21-8-5-12/h4-5,7-8,11H,2-3,6,9-10H2,1H3,(H2,20,24). The lowest BCUT2D eigenvalue weighted by molar-refractivity contribution is -0.118. The van der Waals surface area contributed by atoms with Gasteiger partial charge in [0.2, 0.25) is 5.91 Å². The van der Waals surface area contributed by atoms with E-state index in [4.69, 9.17) is 10.7 Å². The summed E-state index contributed by atoms with van der Waals surface area (Å²) in [4.78, 5) is 35.5. The third-order valence-electron chi connectivity index (χ3n) is 4.94. The molecule has 3 heterocycles. The highest BCUT2D eigenvalue weighted by Crippen LogP contribution is 2.36. The first kappa shape index (κ1) is 16.9. The van der Waals surface area contributed by atoms with Crippen molar-refractivity contribution in [2.45, 2.75) is 39.2 Å². The summed E-state index contributed by atoms with van der Waals surface area (Å²) in [6.07, 6.45) is 6.45. The van der Waals surface area contributed by atoms with Crippen LogP contribution in [-0.4, -0.2) is 20.4 Å². The van der Waals surface area contributed by atoms with E-state index in [-0.39, 0.29) is 18.5 Å². The van der Waals surface area contributed by atoms with Gasteiger partial charge in [-0.25, -0.2) is 4.98 Å². The average molecular weight is 368 g/mol. The van der Waals surface area contributed by atoms with E-state index < -0.39 is 5.91 Å². The van der Waals surface area contributed by atoms with Crippen molar-refractivity contribution in [2.75, 3.05) is 0 Å². The summed E-state index contributed by atoms with van der Waals surface area (Å²) >= 11 is 1.63.